The van der Waals surface area contributed by atoms with Crippen LogP contribution in [0.2, 0.25) is 0 Å². The Hall–Kier alpha value is -2.59. The monoisotopic (exact) mass is 390 g/mol. The molecular formula is C17H19FN6O2S. The third-order valence-electron chi connectivity index (χ3n) is 4.52. The maximum Gasteiger partial charge on any atom is 0.230 e. The molecule has 0 bridgehead atoms. The van der Waals surface area contributed by atoms with E-state index >= 15 is 0 Å². The van der Waals surface area contributed by atoms with Crippen LogP contribution in [0.5, 0.6) is 5.75 Å². The van der Waals surface area contributed by atoms with E-state index in [-0.39, 0.29) is 23.2 Å². The van der Waals surface area contributed by atoms with Gasteiger partial charge in [-0.05, 0) is 13.0 Å². The molecule has 1 N–H and O–H groups in total. The number of rotatable bonds is 5. The number of carbonyl (C=O) groups excluding carboxylic acids is 1. The van der Waals surface area contributed by atoms with Gasteiger partial charge in [-0.1, -0.05) is 11.3 Å². The zero-order chi connectivity index (χ0) is 19.0. The summed E-state index contributed by atoms with van der Waals surface area (Å²) in [5.41, 5.74) is 0.729. The van der Waals surface area contributed by atoms with E-state index in [1.165, 1.54) is 18.3 Å². The van der Waals surface area contributed by atoms with E-state index in [9.17, 15) is 9.18 Å². The number of nitrogens with one attached hydrogen (secondary N) is 1. The van der Waals surface area contributed by atoms with E-state index < -0.39 is 5.95 Å². The molecule has 1 aliphatic rings. The highest BCUT2D eigenvalue weighted by Gasteiger charge is 2.31. The number of hydrogen-bond acceptors (Lipinski definition) is 7. The number of pyridine rings is 1. The van der Waals surface area contributed by atoms with Crippen LogP contribution < -0.4 is 10.1 Å². The predicted octanol–water partition coefficient (Wildman–Crippen LogP) is 2.33. The van der Waals surface area contributed by atoms with Crippen LogP contribution in [-0.2, 0) is 11.3 Å². The molecule has 10 heteroatoms. The topological polar surface area (TPSA) is 84.7 Å². The summed E-state index contributed by atoms with van der Waals surface area (Å²) in [6, 6.07) is 3.98. The van der Waals surface area contributed by atoms with Gasteiger partial charge in [-0.15, -0.1) is 10.2 Å². The summed E-state index contributed by atoms with van der Waals surface area (Å²) < 4.78 is 22.0. The van der Waals surface area contributed by atoms with E-state index in [0.717, 1.165) is 17.8 Å². The normalized spacial score (nSPS) is 20.3. The van der Waals surface area contributed by atoms with Gasteiger partial charge in [0.1, 0.15) is 18.2 Å². The zero-order valence-corrected chi connectivity index (χ0v) is 15.7. The number of ether oxygens (including phenoxy) is 1. The van der Waals surface area contributed by atoms with Crippen LogP contribution in [-0.4, -0.2) is 49.1 Å². The Morgan fingerprint density at radius 1 is 1.52 bits per heavy atom. The Bertz CT molecular complexity index is 973. The highest BCUT2D eigenvalue weighted by Crippen LogP contribution is 2.29. The van der Waals surface area contributed by atoms with Crippen molar-refractivity contribution in [3.8, 4) is 5.75 Å². The first-order valence-electron chi connectivity index (χ1n) is 8.61. The minimum Gasteiger partial charge on any atom is -0.489 e. The maximum absolute atomic E-state index is 14.1. The fourth-order valence-electron chi connectivity index (χ4n) is 3.24. The Morgan fingerprint density at radius 2 is 2.37 bits per heavy atom. The minimum absolute atomic E-state index is 0.0103. The average molecular weight is 390 g/mol. The van der Waals surface area contributed by atoms with E-state index in [2.05, 4.69) is 32.3 Å². The third kappa shape index (κ3) is 3.91. The van der Waals surface area contributed by atoms with Crippen molar-refractivity contribution in [2.75, 3.05) is 11.9 Å². The van der Waals surface area contributed by atoms with Crippen LogP contribution in [0.4, 0.5) is 9.52 Å². The Kier molecular flexibility index (Phi) is 4.75. The minimum atomic E-state index is -0.530. The fourth-order valence-corrected chi connectivity index (χ4v) is 4.15. The highest BCUT2D eigenvalue weighted by atomic mass is 32.1. The molecule has 8 nitrogen and oxygen atoms in total. The molecule has 4 rings (SSSR count). The number of carbonyl (C=O) groups is 1. The summed E-state index contributed by atoms with van der Waals surface area (Å²) in [4.78, 5) is 17.6. The zero-order valence-electron chi connectivity index (χ0n) is 14.9. The van der Waals surface area contributed by atoms with Crippen LogP contribution in [0, 0.1) is 5.95 Å². The van der Waals surface area contributed by atoms with Crippen LogP contribution in [0.1, 0.15) is 25.1 Å². The average Bonchev–Trinajstić information content (AvgIpc) is 3.28. The standard InChI is InChI=1S/C17H19FN6O2S/c1-10-5-13(26-12-3-4-23-9-19-22-15(23)6-12)7-24(10)8-14-16(18)21-17(27-14)20-11(2)25/h3-4,6,9-10,13H,5,7-8H2,1-2H3,(H,20,21,25)/t10-,13?/m0/s1. The summed E-state index contributed by atoms with van der Waals surface area (Å²) in [5.74, 6) is -0.0491. The van der Waals surface area contributed by atoms with Crippen molar-refractivity contribution < 1.29 is 13.9 Å². The first-order chi connectivity index (χ1) is 13.0. The Balaban J connectivity index is 1.40. The van der Waals surface area contributed by atoms with Gasteiger partial charge in [0.2, 0.25) is 11.9 Å². The summed E-state index contributed by atoms with van der Waals surface area (Å²) in [6.45, 7) is 4.60. The number of fused-ring (bicyclic) bond motifs is 1. The van der Waals surface area contributed by atoms with Crippen LogP contribution >= 0.6 is 11.3 Å². The van der Waals surface area contributed by atoms with Gasteiger partial charge >= 0.3 is 0 Å². The molecule has 1 aliphatic heterocycles. The SMILES string of the molecule is CC(=O)Nc1nc(F)c(CN2CC(Oc3ccn4cnnc4c3)C[C@@H]2C)s1. The molecule has 0 spiro atoms. The smallest absolute Gasteiger partial charge is 0.230 e. The quantitative estimate of drug-likeness (QED) is 0.720. The fraction of sp³-hybridized carbons (Fsp3) is 0.412. The molecule has 0 saturated carbocycles. The number of thiazole rings is 1. The van der Waals surface area contributed by atoms with Gasteiger partial charge in [-0.2, -0.15) is 9.37 Å². The van der Waals surface area contributed by atoms with E-state index in [0.29, 0.717) is 18.0 Å². The molecule has 1 saturated heterocycles. The number of hydrogen-bond donors (Lipinski definition) is 1. The van der Waals surface area contributed by atoms with Gasteiger partial charge in [0.15, 0.2) is 10.8 Å². The molecule has 1 amide bonds. The summed E-state index contributed by atoms with van der Waals surface area (Å²) in [6.07, 6.45) is 4.35. The van der Waals surface area contributed by atoms with Gasteiger partial charge in [-0.25, -0.2) is 0 Å². The van der Waals surface area contributed by atoms with Crippen molar-refractivity contribution in [2.24, 2.45) is 0 Å². The van der Waals surface area contributed by atoms with Crippen molar-refractivity contribution >= 4 is 28.0 Å². The molecule has 2 atom stereocenters. The second-order valence-corrected chi connectivity index (χ2v) is 7.71. The number of anilines is 1. The molecule has 1 fully saturated rings. The Morgan fingerprint density at radius 3 is 3.19 bits per heavy atom. The summed E-state index contributed by atoms with van der Waals surface area (Å²) in [7, 11) is 0. The van der Waals surface area contributed by atoms with Crippen LogP contribution in [0.15, 0.2) is 24.7 Å². The van der Waals surface area contributed by atoms with Crippen molar-refractivity contribution in [1.29, 1.82) is 0 Å². The number of aromatic nitrogens is 4. The second-order valence-electron chi connectivity index (χ2n) is 6.63. The van der Waals surface area contributed by atoms with Crippen LogP contribution in [0.3, 0.4) is 0 Å². The number of amides is 1. The van der Waals surface area contributed by atoms with Crippen LogP contribution in [0.25, 0.3) is 5.65 Å². The predicted molar refractivity (Wildman–Crippen MR) is 98.3 cm³/mol. The molecule has 142 valence electrons. The first-order valence-corrected chi connectivity index (χ1v) is 9.42. The molecule has 27 heavy (non-hydrogen) atoms. The van der Waals surface area contributed by atoms with Crippen molar-refractivity contribution in [3.05, 3.63) is 35.5 Å². The maximum atomic E-state index is 14.1. The molecule has 0 radical (unpaired) electrons. The highest BCUT2D eigenvalue weighted by molar-refractivity contribution is 7.15. The lowest BCUT2D eigenvalue weighted by Crippen LogP contribution is -2.28. The van der Waals surface area contributed by atoms with Gasteiger partial charge in [0.25, 0.3) is 0 Å². The lowest BCUT2D eigenvalue weighted by atomic mass is 10.2. The van der Waals surface area contributed by atoms with Gasteiger partial charge in [0, 0.05) is 44.7 Å². The van der Waals surface area contributed by atoms with Gasteiger partial charge in [0.05, 0.1) is 4.88 Å². The molecule has 3 aromatic rings. The Labute approximate surface area is 159 Å². The largest absolute Gasteiger partial charge is 0.489 e. The molecular weight excluding hydrogens is 371 g/mol. The van der Waals surface area contributed by atoms with Crippen molar-refractivity contribution in [2.45, 2.75) is 39.0 Å². The number of halogens is 1. The van der Waals surface area contributed by atoms with Gasteiger partial charge < -0.3 is 10.1 Å². The van der Waals surface area contributed by atoms with E-state index in [4.69, 9.17) is 4.74 Å². The van der Waals surface area contributed by atoms with Gasteiger partial charge in [-0.3, -0.25) is 14.1 Å². The van der Waals surface area contributed by atoms with E-state index in [1.807, 2.05) is 22.7 Å². The first kappa shape index (κ1) is 17.8. The summed E-state index contributed by atoms with van der Waals surface area (Å²) >= 11 is 1.17. The van der Waals surface area contributed by atoms with E-state index in [1.54, 1.807) is 6.33 Å². The molecule has 3 aromatic heterocycles. The number of likely N-dealkylation sites (tertiary alicyclic amines) is 1. The molecule has 1 unspecified atom stereocenters. The van der Waals surface area contributed by atoms with Crippen molar-refractivity contribution in [1.82, 2.24) is 24.5 Å². The lowest BCUT2D eigenvalue weighted by molar-refractivity contribution is -0.114. The molecule has 0 aromatic carbocycles. The molecule has 0 aliphatic carbocycles. The summed E-state index contributed by atoms with van der Waals surface area (Å²) in [5, 5.41) is 10.7. The van der Waals surface area contributed by atoms with Crippen molar-refractivity contribution in [3.63, 3.8) is 0 Å². The second kappa shape index (κ2) is 7.20. The number of nitrogens with zero attached hydrogens (tertiary/aromatic N) is 5. The molecule has 4 heterocycles. The lowest BCUT2D eigenvalue weighted by Gasteiger charge is -2.19. The third-order valence-corrected chi connectivity index (χ3v) is 5.45.